The molecule has 1 aromatic carbocycles. The van der Waals surface area contributed by atoms with Crippen molar-refractivity contribution in [2.24, 2.45) is 0 Å². The van der Waals surface area contributed by atoms with E-state index in [0.717, 1.165) is 16.4 Å². The lowest BCUT2D eigenvalue weighted by Gasteiger charge is -2.07. The van der Waals surface area contributed by atoms with Gasteiger partial charge in [0.15, 0.2) is 12.4 Å². The molecule has 0 atom stereocenters. The van der Waals surface area contributed by atoms with Crippen LogP contribution in [-0.4, -0.2) is 34.8 Å². The molecule has 0 spiro atoms. The Labute approximate surface area is 161 Å². The smallest absolute Gasteiger partial charge is 0.257 e. The van der Waals surface area contributed by atoms with Crippen LogP contribution in [0, 0.1) is 0 Å². The number of nitrogens with one attached hydrogen (secondary N) is 1. The Hall–Kier alpha value is -3.06. The van der Waals surface area contributed by atoms with Crippen LogP contribution in [0.2, 0.25) is 0 Å². The third-order valence-electron chi connectivity index (χ3n) is 3.75. The van der Waals surface area contributed by atoms with E-state index in [1.54, 1.807) is 41.8 Å². The molecule has 6 nitrogen and oxygen atoms in total. The Morgan fingerprint density at radius 2 is 2.04 bits per heavy atom. The minimum atomic E-state index is -0.218. The number of thiazole rings is 1. The summed E-state index contributed by atoms with van der Waals surface area (Å²) in [4.78, 5) is 32.1. The van der Waals surface area contributed by atoms with Gasteiger partial charge in [-0.15, -0.1) is 11.3 Å². The van der Waals surface area contributed by atoms with E-state index in [1.165, 1.54) is 6.92 Å². The Morgan fingerprint density at radius 1 is 1.15 bits per heavy atom. The summed E-state index contributed by atoms with van der Waals surface area (Å²) in [7, 11) is 0. The average molecular weight is 381 g/mol. The van der Waals surface area contributed by atoms with Gasteiger partial charge in [0.1, 0.15) is 5.75 Å². The van der Waals surface area contributed by atoms with Crippen molar-refractivity contribution in [2.75, 3.05) is 13.2 Å². The zero-order chi connectivity index (χ0) is 19.1. The largest absolute Gasteiger partial charge is 0.484 e. The molecule has 138 valence electrons. The van der Waals surface area contributed by atoms with Crippen molar-refractivity contribution < 1.29 is 14.3 Å². The van der Waals surface area contributed by atoms with Crippen molar-refractivity contribution in [3.8, 4) is 17.1 Å². The van der Waals surface area contributed by atoms with Crippen molar-refractivity contribution in [3.05, 3.63) is 64.6 Å². The lowest BCUT2D eigenvalue weighted by molar-refractivity contribution is -0.123. The lowest BCUT2D eigenvalue weighted by atomic mass is 10.1. The Kier molecular flexibility index (Phi) is 6.27. The molecule has 0 bridgehead atoms. The molecular weight excluding hydrogens is 362 g/mol. The van der Waals surface area contributed by atoms with Crippen molar-refractivity contribution in [1.29, 1.82) is 0 Å². The van der Waals surface area contributed by atoms with E-state index in [0.29, 0.717) is 24.3 Å². The predicted molar refractivity (Wildman–Crippen MR) is 104 cm³/mol. The van der Waals surface area contributed by atoms with Gasteiger partial charge in [-0.05, 0) is 31.2 Å². The second-order valence-corrected chi connectivity index (χ2v) is 6.76. The van der Waals surface area contributed by atoms with E-state index in [4.69, 9.17) is 4.74 Å². The fourth-order valence-electron chi connectivity index (χ4n) is 2.37. The van der Waals surface area contributed by atoms with Crippen molar-refractivity contribution in [3.63, 3.8) is 0 Å². The van der Waals surface area contributed by atoms with Crippen LogP contribution in [0.4, 0.5) is 0 Å². The fourth-order valence-corrected chi connectivity index (χ4v) is 3.16. The number of carbonyl (C=O) groups excluding carboxylic acids is 2. The number of hydrogen-bond donors (Lipinski definition) is 1. The Morgan fingerprint density at radius 3 is 2.81 bits per heavy atom. The monoisotopic (exact) mass is 381 g/mol. The first-order valence-electron chi connectivity index (χ1n) is 8.48. The van der Waals surface area contributed by atoms with Gasteiger partial charge in [-0.1, -0.05) is 18.2 Å². The molecule has 3 aromatic rings. The molecule has 0 fully saturated rings. The van der Waals surface area contributed by atoms with Gasteiger partial charge in [-0.3, -0.25) is 14.6 Å². The zero-order valence-electron chi connectivity index (χ0n) is 14.8. The van der Waals surface area contributed by atoms with Gasteiger partial charge in [0.25, 0.3) is 5.91 Å². The number of carbonyl (C=O) groups is 2. The highest BCUT2D eigenvalue weighted by Crippen LogP contribution is 2.19. The third-order valence-corrected chi connectivity index (χ3v) is 4.66. The molecule has 2 heterocycles. The van der Waals surface area contributed by atoms with Gasteiger partial charge in [0.2, 0.25) is 0 Å². The highest BCUT2D eigenvalue weighted by atomic mass is 32.1. The molecule has 0 unspecified atom stereocenters. The number of amides is 1. The van der Waals surface area contributed by atoms with Gasteiger partial charge < -0.3 is 10.1 Å². The number of ketones is 1. The van der Waals surface area contributed by atoms with Crippen LogP contribution in [0.3, 0.4) is 0 Å². The number of hydrogen-bond acceptors (Lipinski definition) is 6. The minimum Gasteiger partial charge on any atom is -0.484 e. The lowest BCUT2D eigenvalue weighted by Crippen LogP contribution is -2.30. The molecule has 1 amide bonds. The summed E-state index contributed by atoms with van der Waals surface area (Å²) in [6.07, 6.45) is 2.38. The predicted octanol–water partition coefficient (Wildman–Crippen LogP) is 3.15. The highest BCUT2D eigenvalue weighted by Gasteiger charge is 2.07. The molecule has 0 saturated carbocycles. The Bertz CT molecular complexity index is 925. The van der Waals surface area contributed by atoms with E-state index in [9.17, 15) is 9.59 Å². The first kappa shape index (κ1) is 18.7. The van der Waals surface area contributed by atoms with Crippen LogP contribution in [-0.2, 0) is 11.2 Å². The second-order valence-electron chi connectivity index (χ2n) is 5.81. The van der Waals surface area contributed by atoms with Gasteiger partial charge >= 0.3 is 0 Å². The Balaban J connectivity index is 1.43. The number of aromatic nitrogens is 2. The maximum absolute atomic E-state index is 11.9. The van der Waals surface area contributed by atoms with Gasteiger partial charge in [-0.25, -0.2) is 4.98 Å². The van der Waals surface area contributed by atoms with Crippen LogP contribution in [0.1, 0.15) is 22.3 Å². The molecule has 0 radical (unpaired) electrons. The second kappa shape index (κ2) is 9.05. The summed E-state index contributed by atoms with van der Waals surface area (Å²) < 4.78 is 5.44. The number of Topliss-reactive ketones (excluding diaryl/α,β-unsaturated/α-hetero) is 1. The van der Waals surface area contributed by atoms with E-state index in [-0.39, 0.29) is 18.3 Å². The summed E-state index contributed by atoms with van der Waals surface area (Å²) in [6.45, 7) is 1.87. The summed E-state index contributed by atoms with van der Waals surface area (Å²) in [5.41, 5.74) is 2.24. The molecule has 1 N–H and O–H groups in total. The van der Waals surface area contributed by atoms with Crippen molar-refractivity contribution >= 4 is 23.0 Å². The maximum Gasteiger partial charge on any atom is 0.257 e. The summed E-state index contributed by atoms with van der Waals surface area (Å²) in [5, 5.41) is 5.71. The molecular formula is C20H19N3O3S. The number of benzene rings is 1. The number of ether oxygens (including phenoxy) is 1. The molecule has 3 rings (SSSR count). The maximum atomic E-state index is 11.9. The average Bonchev–Trinajstić information content (AvgIpc) is 3.16. The standard InChI is InChI=1S/C20H19N3O3S/c1-14(24)15-5-4-6-16(11-15)26-12-19(25)22-10-8-20-23-18(13-27-20)17-7-2-3-9-21-17/h2-7,9,11,13H,8,10,12H2,1H3,(H,22,25). The third kappa shape index (κ3) is 5.46. The normalized spacial score (nSPS) is 10.4. The van der Waals surface area contributed by atoms with E-state index < -0.39 is 0 Å². The fraction of sp³-hybridized carbons (Fsp3) is 0.200. The van der Waals surface area contributed by atoms with Crippen LogP contribution >= 0.6 is 11.3 Å². The molecule has 7 heteroatoms. The molecule has 27 heavy (non-hydrogen) atoms. The van der Waals surface area contributed by atoms with Crippen LogP contribution in [0.5, 0.6) is 5.75 Å². The molecule has 0 aliphatic heterocycles. The molecule has 0 saturated heterocycles. The number of nitrogens with zero attached hydrogens (tertiary/aromatic N) is 2. The minimum absolute atomic E-state index is 0.0431. The summed E-state index contributed by atoms with van der Waals surface area (Å²) in [6, 6.07) is 12.5. The number of rotatable bonds is 8. The summed E-state index contributed by atoms with van der Waals surface area (Å²) in [5.74, 6) is 0.237. The van der Waals surface area contributed by atoms with Crippen LogP contribution < -0.4 is 10.1 Å². The first-order valence-corrected chi connectivity index (χ1v) is 9.36. The van der Waals surface area contributed by atoms with Gasteiger partial charge in [-0.2, -0.15) is 0 Å². The van der Waals surface area contributed by atoms with E-state index >= 15 is 0 Å². The molecule has 0 aliphatic rings. The highest BCUT2D eigenvalue weighted by molar-refractivity contribution is 7.09. The zero-order valence-corrected chi connectivity index (χ0v) is 15.7. The first-order chi connectivity index (χ1) is 13.1. The molecule has 0 aliphatic carbocycles. The van der Waals surface area contributed by atoms with E-state index in [2.05, 4.69) is 15.3 Å². The SMILES string of the molecule is CC(=O)c1cccc(OCC(=O)NCCc2nc(-c3ccccn3)cs2)c1. The number of pyridine rings is 1. The van der Waals surface area contributed by atoms with Crippen molar-refractivity contribution in [1.82, 2.24) is 15.3 Å². The summed E-state index contributed by atoms with van der Waals surface area (Å²) >= 11 is 1.54. The quantitative estimate of drug-likeness (QED) is 0.606. The van der Waals surface area contributed by atoms with Crippen LogP contribution in [0.15, 0.2) is 54.0 Å². The van der Waals surface area contributed by atoms with Gasteiger partial charge in [0.05, 0.1) is 16.4 Å². The van der Waals surface area contributed by atoms with Gasteiger partial charge in [0, 0.05) is 30.1 Å². The van der Waals surface area contributed by atoms with Crippen molar-refractivity contribution in [2.45, 2.75) is 13.3 Å². The molecule has 2 aromatic heterocycles. The van der Waals surface area contributed by atoms with Crippen LogP contribution in [0.25, 0.3) is 11.4 Å². The topological polar surface area (TPSA) is 81.2 Å². The van der Waals surface area contributed by atoms with E-state index in [1.807, 2.05) is 23.6 Å².